The van der Waals surface area contributed by atoms with Gasteiger partial charge in [0, 0.05) is 37.0 Å². The quantitative estimate of drug-likeness (QED) is 0.755. The fraction of sp³-hybridized carbons (Fsp3) is 0.562. The summed E-state index contributed by atoms with van der Waals surface area (Å²) >= 11 is 0. The lowest BCUT2D eigenvalue weighted by atomic mass is 10.1. The number of aromatic nitrogens is 4. The van der Waals surface area contributed by atoms with Crippen LogP contribution in [0, 0.1) is 5.92 Å². The van der Waals surface area contributed by atoms with Gasteiger partial charge in [-0.05, 0) is 44.8 Å². The zero-order valence-corrected chi connectivity index (χ0v) is 13.4. The van der Waals surface area contributed by atoms with Gasteiger partial charge in [0.2, 0.25) is 5.95 Å². The summed E-state index contributed by atoms with van der Waals surface area (Å²) in [4.78, 5) is 11.3. The van der Waals surface area contributed by atoms with Crippen LogP contribution in [-0.2, 0) is 0 Å². The molecule has 0 radical (unpaired) electrons. The predicted octanol–water partition coefficient (Wildman–Crippen LogP) is 1.87. The van der Waals surface area contributed by atoms with Crippen LogP contribution < -0.4 is 15.5 Å². The van der Waals surface area contributed by atoms with E-state index in [0.29, 0.717) is 11.8 Å². The zero-order chi connectivity index (χ0) is 15.6. The number of hydrogen-bond acceptors (Lipinski definition) is 6. The summed E-state index contributed by atoms with van der Waals surface area (Å²) < 4.78 is 0. The van der Waals surface area contributed by atoms with Crippen molar-refractivity contribution < 1.29 is 0 Å². The molecule has 23 heavy (non-hydrogen) atoms. The fourth-order valence-corrected chi connectivity index (χ4v) is 3.18. The van der Waals surface area contributed by atoms with E-state index in [1.54, 1.807) is 0 Å². The van der Waals surface area contributed by atoms with Crippen molar-refractivity contribution in [3.63, 3.8) is 0 Å². The van der Waals surface area contributed by atoms with Gasteiger partial charge in [0.15, 0.2) is 5.82 Å². The zero-order valence-electron chi connectivity index (χ0n) is 13.4. The third-order valence-corrected chi connectivity index (χ3v) is 4.58. The second-order valence-electron chi connectivity index (χ2n) is 6.51. The molecule has 0 bridgehead atoms. The SMILES string of the molecule is CNCC1CCN(c2nccc(Nc3cc(C4CC4)[nH]n3)n2)C1. The van der Waals surface area contributed by atoms with Gasteiger partial charge in [-0.1, -0.05) is 0 Å². The minimum Gasteiger partial charge on any atom is -0.340 e. The molecule has 0 spiro atoms. The summed E-state index contributed by atoms with van der Waals surface area (Å²) in [6.45, 7) is 3.08. The molecule has 1 aliphatic heterocycles. The Hall–Kier alpha value is -2.15. The highest BCUT2D eigenvalue weighted by molar-refractivity contribution is 5.53. The van der Waals surface area contributed by atoms with Gasteiger partial charge in [-0.15, -0.1) is 0 Å². The maximum Gasteiger partial charge on any atom is 0.227 e. The van der Waals surface area contributed by atoms with Gasteiger partial charge in [-0.2, -0.15) is 10.1 Å². The number of anilines is 3. The van der Waals surface area contributed by atoms with E-state index in [1.807, 2.05) is 19.3 Å². The second kappa shape index (κ2) is 6.16. The first-order chi connectivity index (χ1) is 11.3. The van der Waals surface area contributed by atoms with Crippen LogP contribution in [0.25, 0.3) is 0 Å². The van der Waals surface area contributed by atoms with Crippen molar-refractivity contribution in [2.24, 2.45) is 5.92 Å². The van der Waals surface area contributed by atoms with E-state index >= 15 is 0 Å². The molecule has 2 aliphatic rings. The Morgan fingerprint density at radius 2 is 2.22 bits per heavy atom. The minimum absolute atomic E-state index is 0.674. The summed E-state index contributed by atoms with van der Waals surface area (Å²) in [6, 6.07) is 3.97. The highest BCUT2D eigenvalue weighted by Crippen LogP contribution is 2.39. The van der Waals surface area contributed by atoms with Gasteiger partial charge in [0.1, 0.15) is 5.82 Å². The van der Waals surface area contributed by atoms with Crippen molar-refractivity contribution >= 4 is 17.6 Å². The minimum atomic E-state index is 0.674. The predicted molar refractivity (Wildman–Crippen MR) is 90.1 cm³/mol. The first-order valence-corrected chi connectivity index (χ1v) is 8.37. The number of rotatable bonds is 6. The molecule has 122 valence electrons. The van der Waals surface area contributed by atoms with E-state index in [1.165, 1.54) is 25.0 Å². The largest absolute Gasteiger partial charge is 0.340 e. The van der Waals surface area contributed by atoms with Gasteiger partial charge >= 0.3 is 0 Å². The Morgan fingerprint density at radius 3 is 3.04 bits per heavy atom. The number of nitrogens with one attached hydrogen (secondary N) is 3. The van der Waals surface area contributed by atoms with Crippen LogP contribution in [0.2, 0.25) is 0 Å². The van der Waals surface area contributed by atoms with Crippen LogP contribution in [0.4, 0.5) is 17.6 Å². The lowest BCUT2D eigenvalue weighted by Crippen LogP contribution is -2.25. The number of hydrogen-bond donors (Lipinski definition) is 3. The van der Waals surface area contributed by atoms with Crippen molar-refractivity contribution in [3.05, 3.63) is 24.0 Å². The lowest BCUT2D eigenvalue weighted by molar-refractivity contribution is 0.548. The summed E-state index contributed by atoms with van der Waals surface area (Å²) in [5.41, 5.74) is 1.22. The second-order valence-corrected chi connectivity index (χ2v) is 6.51. The summed E-state index contributed by atoms with van der Waals surface area (Å²) in [6.07, 6.45) is 5.53. The van der Waals surface area contributed by atoms with E-state index in [-0.39, 0.29) is 0 Å². The molecule has 1 saturated heterocycles. The Labute approximate surface area is 135 Å². The molecule has 1 saturated carbocycles. The molecule has 7 heteroatoms. The van der Waals surface area contributed by atoms with E-state index in [9.17, 15) is 0 Å². The molecule has 1 aliphatic carbocycles. The molecule has 3 N–H and O–H groups in total. The summed E-state index contributed by atoms with van der Waals surface area (Å²) in [5, 5.41) is 13.9. The topological polar surface area (TPSA) is 81.8 Å². The van der Waals surface area contributed by atoms with Gasteiger partial charge < -0.3 is 15.5 Å². The molecule has 7 nitrogen and oxygen atoms in total. The van der Waals surface area contributed by atoms with Gasteiger partial charge in [0.25, 0.3) is 0 Å². The molecular formula is C16H23N7. The molecule has 0 aromatic carbocycles. The van der Waals surface area contributed by atoms with E-state index in [4.69, 9.17) is 0 Å². The Balaban J connectivity index is 1.43. The maximum absolute atomic E-state index is 4.64. The molecule has 2 fully saturated rings. The van der Waals surface area contributed by atoms with Crippen LogP contribution in [0.15, 0.2) is 18.3 Å². The monoisotopic (exact) mass is 313 g/mol. The van der Waals surface area contributed by atoms with Crippen molar-refractivity contribution in [1.29, 1.82) is 0 Å². The highest BCUT2D eigenvalue weighted by Gasteiger charge is 2.26. The van der Waals surface area contributed by atoms with E-state index in [2.05, 4.69) is 41.8 Å². The molecular weight excluding hydrogens is 290 g/mol. The number of aromatic amines is 1. The Morgan fingerprint density at radius 1 is 1.30 bits per heavy atom. The lowest BCUT2D eigenvalue weighted by Gasteiger charge is -2.16. The third-order valence-electron chi connectivity index (χ3n) is 4.58. The van der Waals surface area contributed by atoms with Crippen LogP contribution in [-0.4, -0.2) is 46.8 Å². The van der Waals surface area contributed by atoms with Gasteiger partial charge in [-0.3, -0.25) is 5.10 Å². The third kappa shape index (κ3) is 3.29. The average molecular weight is 313 g/mol. The van der Waals surface area contributed by atoms with Gasteiger partial charge in [0.05, 0.1) is 0 Å². The first-order valence-electron chi connectivity index (χ1n) is 8.37. The standard InChI is InChI=1S/C16H23N7/c1-17-9-11-5-7-23(10-11)16-18-6-4-14(20-16)19-15-8-13(21-22-15)12-2-3-12/h4,6,8,11-12,17H,2-3,5,7,9-10H2,1H3,(H2,18,19,20,21,22). The van der Waals surface area contributed by atoms with Crippen LogP contribution >= 0.6 is 0 Å². The van der Waals surface area contributed by atoms with Crippen molar-refractivity contribution in [1.82, 2.24) is 25.5 Å². The van der Waals surface area contributed by atoms with Crippen molar-refractivity contribution in [2.45, 2.75) is 25.2 Å². The van der Waals surface area contributed by atoms with Crippen molar-refractivity contribution in [3.8, 4) is 0 Å². The van der Waals surface area contributed by atoms with Crippen LogP contribution in [0.1, 0.15) is 30.9 Å². The highest BCUT2D eigenvalue weighted by atomic mass is 15.3. The van der Waals surface area contributed by atoms with E-state index in [0.717, 1.165) is 37.2 Å². The van der Waals surface area contributed by atoms with Crippen LogP contribution in [0.3, 0.4) is 0 Å². The molecule has 1 atom stereocenters. The normalized spacial score (nSPS) is 20.9. The fourth-order valence-electron chi connectivity index (χ4n) is 3.18. The molecule has 0 amide bonds. The van der Waals surface area contributed by atoms with Crippen LogP contribution in [0.5, 0.6) is 0 Å². The summed E-state index contributed by atoms with van der Waals surface area (Å²) in [7, 11) is 2.00. The Kier molecular flexibility index (Phi) is 3.87. The van der Waals surface area contributed by atoms with Gasteiger partial charge in [-0.25, -0.2) is 4.98 Å². The number of H-pyrrole nitrogens is 1. The molecule has 3 heterocycles. The molecule has 1 unspecified atom stereocenters. The maximum atomic E-state index is 4.64. The van der Waals surface area contributed by atoms with E-state index < -0.39 is 0 Å². The number of nitrogens with zero attached hydrogens (tertiary/aromatic N) is 4. The molecule has 2 aromatic heterocycles. The van der Waals surface area contributed by atoms with Crippen molar-refractivity contribution in [2.75, 3.05) is 36.9 Å². The molecule has 2 aromatic rings. The molecule has 4 rings (SSSR count). The smallest absolute Gasteiger partial charge is 0.227 e. The summed E-state index contributed by atoms with van der Waals surface area (Å²) in [5.74, 6) is 3.76. The first kappa shape index (κ1) is 14.4. The Bertz CT molecular complexity index is 664. The average Bonchev–Trinajstić information content (AvgIpc) is 3.13.